The van der Waals surface area contributed by atoms with Crippen LogP contribution in [0.4, 0.5) is 5.69 Å². The van der Waals surface area contributed by atoms with Crippen LogP contribution >= 0.6 is 0 Å². The Kier molecular flexibility index (Phi) is 5.18. The number of benzene rings is 1. The standard InChI is InChI=1S/C13H18N2O5/c1-13(2,8-16)7-14-6-9-4-3-5-10(15(19)20)11(9)12(17)18/h3-5,14,16H,6-8H2,1-2H3,(H,17,18). The smallest absolute Gasteiger partial charge is 0.343 e. The second-order valence-corrected chi connectivity index (χ2v) is 5.30. The summed E-state index contributed by atoms with van der Waals surface area (Å²) in [6.07, 6.45) is 0. The van der Waals surface area contributed by atoms with Gasteiger partial charge in [-0.1, -0.05) is 26.0 Å². The number of nitro benzene ring substituents is 1. The zero-order valence-electron chi connectivity index (χ0n) is 11.4. The number of hydrogen-bond acceptors (Lipinski definition) is 5. The molecule has 0 amide bonds. The molecule has 0 atom stereocenters. The minimum atomic E-state index is -1.32. The number of aliphatic hydroxyl groups excluding tert-OH is 1. The van der Waals surface area contributed by atoms with Crippen LogP contribution in [-0.4, -0.2) is 34.3 Å². The molecule has 110 valence electrons. The molecule has 0 aromatic heterocycles. The van der Waals surface area contributed by atoms with E-state index in [0.29, 0.717) is 12.1 Å². The fourth-order valence-corrected chi connectivity index (χ4v) is 1.72. The van der Waals surface area contributed by atoms with Crippen LogP contribution in [0.3, 0.4) is 0 Å². The van der Waals surface area contributed by atoms with Crippen molar-refractivity contribution in [3.63, 3.8) is 0 Å². The zero-order valence-corrected chi connectivity index (χ0v) is 11.4. The minimum Gasteiger partial charge on any atom is -0.477 e. The predicted molar refractivity (Wildman–Crippen MR) is 72.6 cm³/mol. The lowest BCUT2D eigenvalue weighted by atomic mass is 9.95. The third-order valence-corrected chi connectivity index (χ3v) is 2.89. The number of aromatic carboxylic acids is 1. The van der Waals surface area contributed by atoms with Gasteiger partial charge in [-0.3, -0.25) is 10.1 Å². The summed E-state index contributed by atoms with van der Waals surface area (Å²) in [5.74, 6) is -1.32. The number of hydrogen-bond donors (Lipinski definition) is 3. The van der Waals surface area contributed by atoms with Crippen molar-refractivity contribution >= 4 is 11.7 Å². The average Bonchev–Trinajstić information content (AvgIpc) is 2.37. The molecule has 7 nitrogen and oxygen atoms in total. The van der Waals surface area contributed by atoms with Crippen LogP contribution in [0.25, 0.3) is 0 Å². The number of nitrogens with one attached hydrogen (secondary N) is 1. The van der Waals surface area contributed by atoms with Crippen molar-refractivity contribution < 1.29 is 19.9 Å². The highest BCUT2D eigenvalue weighted by molar-refractivity contribution is 5.94. The highest BCUT2D eigenvalue weighted by atomic mass is 16.6. The molecule has 0 aliphatic rings. The van der Waals surface area contributed by atoms with Crippen LogP contribution in [0.2, 0.25) is 0 Å². The van der Waals surface area contributed by atoms with Crippen molar-refractivity contribution in [2.45, 2.75) is 20.4 Å². The molecule has 1 aromatic carbocycles. The summed E-state index contributed by atoms with van der Waals surface area (Å²) < 4.78 is 0. The van der Waals surface area contributed by atoms with Gasteiger partial charge in [-0.05, 0) is 5.56 Å². The first-order chi connectivity index (χ1) is 9.28. The third-order valence-electron chi connectivity index (χ3n) is 2.89. The monoisotopic (exact) mass is 282 g/mol. The van der Waals surface area contributed by atoms with E-state index in [1.807, 2.05) is 13.8 Å². The normalized spacial score (nSPS) is 11.3. The fourth-order valence-electron chi connectivity index (χ4n) is 1.72. The Morgan fingerprint density at radius 3 is 2.60 bits per heavy atom. The van der Waals surface area contributed by atoms with Gasteiger partial charge in [0.1, 0.15) is 5.56 Å². The maximum absolute atomic E-state index is 11.2. The first-order valence-corrected chi connectivity index (χ1v) is 6.09. The highest BCUT2D eigenvalue weighted by Gasteiger charge is 2.23. The lowest BCUT2D eigenvalue weighted by molar-refractivity contribution is -0.385. The lowest BCUT2D eigenvalue weighted by Gasteiger charge is -2.22. The van der Waals surface area contributed by atoms with E-state index in [9.17, 15) is 14.9 Å². The van der Waals surface area contributed by atoms with Crippen LogP contribution in [0, 0.1) is 15.5 Å². The maximum Gasteiger partial charge on any atom is 0.343 e. The van der Waals surface area contributed by atoms with Crippen LogP contribution < -0.4 is 5.32 Å². The number of carboxylic acids is 1. The number of aliphatic hydroxyl groups is 1. The van der Waals surface area contributed by atoms with Gasteiger partial charge in [-0.25, -0.2) is 4.79 Å². The van der Waals surface area contributed by atoms with E-state index in [-0.39, 0.29) is 24.1 Å². The number of nitrogens with zero attached hydrogens (tertiary/aromatic N) is 1. The van der Waals surface area contributed by atoms with E-state index < -0.39 is 16.6 Å². The summed E-state index contributed by atoms with van der Waals surface area (Å²) in [4.78, 5) is 21.3. The predicted octanol–water partition coefficient (Wildman–Crippen LogP) is 1.40. The molecule has 0 saturated heterocycles. The van der Waals surface area contributed by atoms with E-state index in [4.69, 9.17) is 10.2 Å². The number of rotatable bonds is 7. The molecule has 0 saturated carbocycles. The Morgan fingerprint density at radius 2 is 2.10 bits per heavy atom. The molecule has 0 bridgehead atoms. The minimum absolute atomic E-state index is 0.0132. The van der Waals surface area contributed by atoms with Crippen molar-refractivity contribution in [1.29, 1.82) is 0 Å². The van der Waals surface area contributed by atoms with Gasteiger partial charge in [-0.15, -0.1) is 0 Å². The molecular weight excluding hydrogens is 264 g/mol. The summed E-state index contributed by atoms with van der Waals surface area (Å²) in [6.45, 7) is 4.34. The van der Waals surface area contributed by atoms with Gasteiger partial charge < -0.3 is 15.5 Å². The van der Waals surface area contributed by atoms with E-state index >= 15 is 0 Å². The van der Waals surface area contributed by atoms with Gasteiger partial charge in [0.05, 0.1) is 4.92 Å². The SMILES string of the molecule is CC(C)(CO)CNCc1cccc([N+](=O)[O-])c1C(=O)O. The summed E-state index contributed by atoms with van der Waals surface area (Å²) in [6, 6.07) is 4.17. The van der Waals surface area contributed by atoms with Crippen LogP contribution in [-0.2, 0) is 6.54 Å². The van der Waals surface area contributed by atoms with Gasteiger partial charge in [0, 0.05) is 31.2 Å². The van der Waals surface area contributed by atoms with Gasteiger partial charge in [0.15, 0.2) is 0 Å². The fraction of sp³-hybridized carbons (Fsp3) is 0.462. The number of nitro groups is 1. The molecular formula is C13H18N2O5. The Morgan fingerprint density at radius 1 is 1.45 bits per heavy atom. The Balaban J connectivity index is 2.93. The average molecular weight is 282 g/mol. The maximum atomic E-state index is 11.2. The molecule has 7 heteroatoms. The highest BCUT2D eigenvalue weighted by Crippen LogP contribution is 2.22. The quantitative estimate of drug-likeness (QED) is 0.514. The number of carboxylic acid groups (broad SMARTS) is 1. The first-order valence-electron chi connectivity index (χ1n) is 6.09. The van der Waals surface area contributed by atoms with Crippen LogP contribution in [0.5, 0.6) is 0 Å². The van der Waals surface area contributed by atoms with Crippen molar-refractivity contribution in [1.82, 2.24) is 5.32 Å². The molecule has 0 radical (unpaired) electrons. The van der Waals surface area contributed by atoms with Gasteiger partial charge in [0.2, 0.25) is 0 Å². The Labute approximate surface area is 116 Å². The second-order valence-electron chi connectivity index (χ2n) is 5.30. The van der Waals surface area contributed by atoms with Crippen LogP contribution in [0.15, 0.2) is 18.2 Å². The van der Waals surface area contributed by atoms with E-state index in [1.165, 1.54) is 18.2 Å². The molecule has 1 rings (SSSR count). The van der Waals surface area contributed by atoms with Gasteiger partial charge in [0.25, 0.3) is 5.69 Å². The topological polar surface area (TPSA) is 113 Å². The van der Waals surface area contributed by atoms with Crippen molar-refractivity contribution in [3.8, 4) is 0 Å². The zero-order chi connectivity index (χ0) is 15.3. The van der Waals surface area contributed by atoms with Crippen molar-refractivity contribution in [3.05, 3.63) is 39.4 Å². The second kappa shape index (κ2) is 6.44. The van der Waals surface area contributed by atoms with E-state index in [0.717, 1.165) is 0 Å². The molecule has 0 heterocycles. The van der Waals surface area contributed by atoms with E-state index in [2.05, 4.69) is 5.32 Å². The van der Waals surface area contributed by atoms with Gasteiger partial charge in [-0.2, -0.15) is 0 Å². The lowest BCUT2D eigenvalue weighted by Crippen LogP contribution is -2.32. The molecule has 20 heavy (non-hydrogen) atoms. The third kappa shape index (κ3) is 4.01. The molecule has 0 aliphatic carbocycles. The summed E-state index contributed by atoms with van der Waals surface area (Å²) >= 11 is 0. The van der Waals surface area contributed by atoms with Gasteiger partial charge >= 0.3 is 5.97 Å². The van der Waals surface area contributed by atoms with Crippen molar-refractivity contribution in [2.75, 3.05) is 13.2 Å². The van der Waals surface area contributed by atoms with Crippen LogP contribution in [0.1, 0.15) is 29.8 Å². The summed E-state index contributed by atoms with van der Waals surface area (Å²) in [7, 11) is 0. The molecule has 3 N–H and O–H groups in total. The largest absolute Gasteiger partial charge is 0.477 e. The molecule has 0 fully saturated rings. The Bertz CT molecular complexity index is 513. The summed E-state index contributed by atoms with van der Waals surface area (Å²) in [5.41, 5.74) is -0.713. The molecule has 0 spiro atoms. The summed E-state index contributed by atoms with van der Waals surface area (Å²) in [5, 5.41) is 32.1. The van der Waals surface area contributed by atoms with Crippen molar-refractivity contribution in [2.24, 2.45) is 5.41 Å². The molecule has 0 unspecified atom stereocenters. The van der Waals surface area contributed by atoms with E-state index in [1.54, 1.807) is 0 Å². The molecule has 1 aromatic rings. The Hall–Kier alpha value is -1.99. The first kappa shape index (κ1) is 16.1. The molecule has 0 aliphatic heterocycles. The number of carbonyl (C=O) groups is 1.